The van der Waals surface area contributed by atoms with Crippen LogP contribution < -0.4 is 14.4 Å². The molecule has 8 heteroatoms. The number of anilines is 1. The lowest BCUT2D eigenvalue weighted by Crippen LogP contribution is -2.43. The molecular formula is C16H18N4O3S. The van der Waals surface area contributed by atoms with Gasteiger partial charge in [-0.15, -0.1) is 0 Å². The van der Waals surface area contributed by atoms with Crippen molar-refractivity contribution in [3.05, 3.63) is 42.7 Å². The number of nitrogens with zero attached hydrogens (tertiary/aromatic N) is 3. The predicted molar refractivity (Wildman–Crippen MR) is 88.4 cm³/mol. The van der Waals surface area contributed by atoms with E-state index in [1.54, 1.807) is 42.7 Å². The molecule has 0 unspecified atom stereocenters. The Labute approximate surface area is 140 Å². The molecule has 2 atom stereocenters. The van der Waals surface area contributed by atoms with Crippen molar-refractivity contribution in [2.24, 2.45) is 0 Å². The van der Waals surface area contributed by atoms with E-state index in [9.17, 15) is 8.42 Å². The van der Waals surface area contributed by atoms with Gasteiger partial charge in [0.1, 0.15) is 16.7 Å². The third-order valence-electron chi connectivity index (χ3n) is 4.40. The normalized spacial score (nSPS) is 25.6. The third kappa shape index (κ3) is 2.83. The average Bonchev–Trinajstić information content (AvgIpc) is 2.84. The molecule has 3 heterocycles. The number of fused-ring (bicyclic) bond motifs is 2. The minimum atomic E-state index is -3.57. The fraction of sp³-hybridized carbons (Fsp3) is 0.375. The van der Waals surface area contributed by atoms with Crippen molar-refractivity contribution in [2.75, 3.05) is 18.0 Å². The molecule has 1 N–H and O–H groups in total. The van der Waals surface area contributed by atoms with Gasteiger partial charge in [0.05, 0.1) is 6.04 Å². The van der Waals surface area contributed by atoms with Crippen molar-refractivity contribution < 1.29 is 13.2 Å². The van der Waals surface area contributed by atoms with Gasteiger partial charge in [0.2, 0.25) is 16.0 Å². The number of benzene rings is 1. The minimum Gasteiger partial charge on any atom is -0.487 e. The van der Waals surface area contributed by atoms with E-state index in [0.29, 0.717) is 31.1 Å². The fourth-order valence-electron chi connectivity index (χ4n) is 3.20. The van der Waals surface area contributed by atoms with Crippen LogP contribution in [-0.4, -0.2) is 43.6 Å². The van der Waals surface area contributed by atoms with Gasteiger partial charge in [-0.3, -0.25) is 0 Å². The van der Waals surface area contributed by atoms with E-state index in [2.05, 4.69) is 19.6 Å². The van der Waals surface area contributed by atoms with E-state index in [-0.39, 0.29) is 17.0 Å². The van der Waals surface area contributed by atoms with Crippen molar-refractivity contribution in [1.82, 2.24) is 14.7 Å². The number of para-hydroxylation sites is 1. The SMILES string of the molecule is O=S1(=O)N[C@@H]2CCN(c3ncccn3)CC[C@H]2Oc2ccccc21. The summed E-state index contributed by atoms with van der Waals surface area (Å²) in [6.45, 7) is 1.39. The summed E-state index contributed by atoms with van der Waals surface area (Å²) >= 11 is 0. The Kier molecular flexibility index (Phi) is 3.85. The Bertz CT molecular complexity index is 828. The summed E-state index contributed by atoms with van der Waals surface area (Å²) in [6.07, 6.45) is 4.54. The Morgan fingerprint density at radius 1 is 1.08 bits per heavy atom. The molecule has 1 aromatic carbocycles. The van der Waals surface area contributed by atoms with Crippen LogP contribution >= 0.6 is 0 Å². The number of ether oxygens (including phenoxy) is 1. The van der Waals surface area contributed by atoms with Gasteiger partial charge in [0, 0.05) is 31.9 Å². The molecule has 0 bridgehead atoms. The summed E-state index contributed by atoms with van der Waals surface area (Å²) in [4.78, 5) is 10.8. The van der Waals surface area contributed by atoms with Crippen LogP contribution in [0.15, 0.2) is 47.6 Å². The van der Waals surface area contributed by atoms with Crippen LogP contribution in [0.2, 0.25) is 0 Å². The summed E-state index contributed by atoms with van der Waals surface area (Å²) < 4.78 is 34.0. The molecule has 7 nitrogen and oxygen atoms in total. The lowest BCUT2D eigenvalue weighted by atomic mass is 10.1. The lowest BCUT2D eigenvalue weighted by Gasteiger charge is -2.22. The largest absolute Gasteiger partial charge is 0.487 e. The molecule has 0 radical (unpaired) electrons. The van der Waals surface area contributed by atoms with Gasteiger partial charge < -0.3 is 9.64 Å². The molecule has 4 rings (SSSR count). The van der Waals surface area contributed by atoms with Gasteiger partial charge in [0.25, 0.3) is 0 Å². The van der Waals surface area contributed by atoms with E-state index in [4.69, 9.17) is 4.74 Å². The quantitative estimate of drug-likeness (QED) is 0.835. The molecule has 1 aromatic heterocycles. The Morgan fingerprint density at radius 3 is 2.67 bits per heavy atom. The monoisotopic (exact) mass is 346 g/mol. The van der Waals surface area contributed by atoms with Crippen molar-refractivity contribution in [3.8, 4) is 5.75 Å². The van der Waals surface area contributed by atoms with Crippen molar-refractivity contribution in [2.45, 2.75) is 29.9 Å². The molecule has 2 aromatic rings. The summed E-state index contributed by atoms with van der Waals surface area (Å²) in [5.74, 6) is 1.08. The van der Waals surface area contributed by atoms with Crippen LogP contribution in [0, 0.1) is 0 Å². The third-order valence-corrected chi connectivity index (χ3v) is 5.93. The number of aromatic nitrogens is 2. The number of hydrogen-bond acceptors (Lipinski definition) is 6. The van der Waals surface area contributed by atoms with Crippen LogP contribution in [0.5, 0.6) is 5.75 Å². The summed E-state index contributed by atoms with van der Waals surface area (Å²) in [6, 6.07) is 8.29. The van der Waals surface area contributed by atoms with Gasteiger partial charge >= 0.3 is 0 Å². The molecule has 2 aliphatic heterocycles. The van der Waals surface area contributed by atoms with Crippen molar-refractivity contribution in [3.63, 3.8) is 0 Å². The van der Waals surface area contributed by atoms with Crippen LogP contribution in [-0.2, 0) is 10.0 Å². The zero-order valence-electron chi connectivity index (χ0n) is 13.0. The smallest absolute Gasteiger partial charge is 0.244 e. The zero-order chi connectivity index (χ0) is 16.6. The highest BCUT2D eigenvalue weighted by atomic mass is 32.2. The first-order chi connectivity index (χ1) is 11.6. The average molecular weight is 346 g/mol. The van der Waals surface area contributed by atoms with Crippen LogP contribution in [0.1, 0.15) is 12.8 Å². The van der Waals surface area contributed by atoms with E-state index < -0.39 is 10.0 Å². The molecule has 0 amide bonds. The van der Waals surface area contributed by atoms with Gasteiger partial charge in [-0.25, -0.2) is 23.1 Å². The maximum atomic E-state index is 12.6. The summed E-state index contributed by atoms with van der Waals surface area (Å²) in [5, 5.41) is 0. The Hall–Kier alpha value is -2.19. The highest BCUT2D eigenvalue weighted by molar-refractivity contribution is 7.89. The van der Waals surface area contributed by atoms with E-state index in [1.807, 2.05) is 0 Å². The zero-order valence-corrected chi connectivity index (χ0v) is 13.8. The van der Waals surface area contributed by atoms with E-state index >= 15 is 0 Å². The molecule has 0 saturated carbocycles. The van der Waals surface area contributed by atoms with Gasteiger partial charge in [-0.05, 0) is 24.6 Å². The van der Waals surface area contributed by atoms with E-state index in [1.165, 1.54) is 0 Å². The van der Waals surface area contributed by atoms with Crippen LogP contribution in [0.3, 0.4) is 0 Å². The number of sulfonamides is 1. The fourth-order valence-corrected chi connectivity index (χ4v) is 4.64. The standard InChI is InChI=1S/C16H18N4O3S/c21-24(22)15-5-2-1-4-14(15)23-13-7-11-20(10-6-12(13)19-24)16-17-8-3-9-18-16/h1-5,8-9,12-13,19H,6-7,10-11H2/t12-,13-/m1/s1. The molecular weight excluding hydrogens is 328 g/mol. The van der Waals surface area contributed by atoms with Crippen molar-refractivity contribution >= 4 is 16.0 Å². The van der Waals surface area contributed by atoms with E-state index in [0.717, 1.165) is 6.54 Å². The second kappa shape index (κ2) is 6.03. The Balaban J connectivity index is 1.61. The van der Waals surface area contributed by atoms with Gasteiger partial charge in [0.15, 0.2) is 0 Å². The molecule has 0 spiro atoms. The van der Waals surface area contributed by atoms with Gasteiger partial charge in [-0.2, -0.15) is 0 Å². The molecule has 2 aliphatic rings. The first-order valence-electron chi connectivity index (χ1n) is 7.93. The molecule has 1 saturated heterocycles. The summed E-state index contributed by atoms with van der Waals surface area (Å²) in [7, 11) is -3.57. The molecule has 24 heavy (non-hydrogen) atoms. The summed E-state index contributed by atoms with van der Waals surface area (Å²) in [5.41, 5.74) is 0. The first-order valence-corrected chi connectivity index (χ1v) is 9.42. The molecule has 0 aliphatic carbocycles. The number of hydrogen-bond donors (Lipinski definition) is 1. The topological polar surface area (TPSA) is 84.4 Å². The predicted octanol–water partition coefficient (Wildman–Crippen LogP) is 1.18. The highest BCUT2D eigenvalue weighted by Gasteiger charge is 2.36. The number of nitrogens with one attached hydrogen (secondary N) is 1. The number of rotatable bonds is 1. The van der Waals surface area contributed by atoms with Crippen LogP contribution in [0.4, 0.5) is 5.95 Å². The maximum Gasteiger partial charge on any atom is 0.244 e. The minimum absolute atomic E-state index is 0.210. The lowest BCUT2D eigenvalue weighted by molar-refractivity contribution is 0.160. The highest BCUT2D eigenvalue weighted by Crippen LogP contribution is 2.31. The Morgan fingerprint density at radius 2 is 1.83 bits per heavy atom. The maximum absolute atomic E-state index is 12.6. The second-order valence-electron chi connectivity index (χ2n) is 5.94. The van der Waals surface area contributed by atoms with Crippen molar-refractivity contribution in [1.29, 1.82) is 0 Å². The second-order valence-corrected chi connectivity index (χ2v) is 7.63. The van der Waals surface area contributed by atoms with Gasteiger partial charge in [-0.1, -0.05) is 12.1 Å². The molecule has 126 valence electrons. The first kappa shape index (κ1) is 15.3. The van der Waals surface area contributed by atoms with Crippen LogP contribution in [0.25, 0.3) is 0 Å². The molecule has 1 fully saturated rings.